The van der Waals surface area contributed by atoms with Crippen molar-refractivity contribution in [3.8, 4) is 0 Å². The molecule has 1 atom stereocenters. The molecule has 6 nitrogen and oxygen atoms in total. The number of aromatic nitrogens is 1. The Morgan fingerprint density at radius 1 is 1.17 bits per heavy atom. The second kappa shape index (κ2) is 8.10. The molecule has 1 amide bonds. The van der Waals surface area contributed by atoms with Gasteiger partial charge in [0, 0.05) is 18.8 Å². The summed E-state index contributed by atoms with van der Waals surface area (Å²) in [5.74, 6) is -1.22. The molecule has 0 fully saturated rings. The minimum absolute atomic E-state index is 0.199. The molecule has 1 heterocycles. The zero-order valence-corrected chi connectivity index (χ0v) is 13.4. The van der Waals surface area contributed by atoms with Gasteiger partial charge in [-0.05, 0) is 30.2 Å². The zero-order valence-electron chi connectivity index (χ0n) is 13.4. The number of nitrogens with zero attached hydrogens (tertiary/aromatic N) is 1. The number of carboxylic acids is 1. The number of aromatic carboxylic acids is 1. The van der Waals surface area contributed by atoms with E-state index in [4.69, 9.17) is 5.11 Å². The second-order valence-electron chi connectivity index (χ2n) is 5.47. The Morgan fingerprint density at radius 3 is 2.46 bits per heavy atom. The number of hydrogen-bond donors (Lipinski definition) is 2. The van der Waals surface area contributed by atoms with Crippen LogP contribution in [0, 0.1) is 0 Å². The summed E-state index contributed by atoms with van der Waals surface area (Å²) < 4.78 is 1.44. The lowest BCUT2D eigenvalue weighted by Crippen LogP contribution is -2.36. The number of pyridine rings is 1. The van der Waals surface area contributed by atoms with Crippen molar-refractivity contribution in [2.45, 2.75) is 32.4 Å². The van der Waals surface area contributed by atoms with Crippen LogP contribution >= 0.6 is 0 Å². The molecular formula is C18H20N2O4. The molecule has 0 radical (unpaired) electrons. The summed E-state index contributed by atoms with van der Waals surface area (Å²) in [7, 11) is 0. The minimum Gasteiger partial charge on any atom is -0.478 e. The second-order valence-corrected chi connectivity index (χ2v) is 5.47. The third-order valence-corrected chi connectivity index (χ3v) is 3.72. The van der Waals surface area contributed by atoms with Gasteiger partial charge in [-0.2, -0.15) is 0 Å². The Kier molecular flexibility index (Phi) is 5.89. The van der Waals surface area contributed by atoms with Crippen LogP contribution in [0.5, 0.6) is 0 Å². The molecule has 2 N–H and O–H groups in total. The van der Waals surface area contributed by atoms with Gasteiger partial charge in [0.2, 0.25) is 5.91 Å². The number of rotatable bonds is 7. The summed E-state index contributed by atoms with van der Waals surface area (Å²) in [6.45, 7) is 2.24. The van der Waals surface area contributed by atoms with Gasteiger partial charge in [0.05, 0.1) is 5.56 Å². The summed E-state index contributed by atoms with van der Waals surface area (Å²) in [5.41, 5.74) is 0.783. The SMILES string of the molecule is CCCC(C(=O)NCc1ccc(C(=O)O)cc1)n1ccccc1=O. The summed E-state index contributed by atoms with van der Waals surface area (Å²) >= 11 is 0. The number of benzene rings is 1. The van der Waals surface area contributed by atoms with Gasteiger partial charge in [-0.25, -0.2) is 4.79 Å². The molecule has 0 aliphatic rings. The van der Waals surface area contributed by atoms with Crippen LogP contribution in [0.3, 0.4) is 0 Å². The molecule has 24 heavy (non-hydrogen) atoms. The average Bonchev–Trinajstić information content (AvgIpc) is 2.58. The van der Waals surface area contributed by atoms with Crippen molar-refractivity contribution >= 4 is 11.9 Å². The van der Waals surface area contributed by atoms with E-state index in [1.807, 2.05) is 6.92 Å². The van der Waals surface area contributed by atoms with Crippen LogP contribution < -0.4 is 10.9 Å². The van der Waals surface area contributed by atoms with E-state index in [-0.39, 0.29) is 23.6 Å². The Bertz CT molecular complexity index is 765. The van der Waals surface area contributed by atoms with Crippen LogP contribution in [0.2, 0.25) is 0 Å². The van der Waals surface area contributed by atoms with E-state index in [9.17, 15) is 14.4 Å². The lowest BCUT2D eigenvalue weighted by atomic mass is 10.1. The molecule has 126 valence electrons. The Hall–Kier alpha value is -2.89. The van der Waals surface area contributed by atoms with Crippen molar-refractivity contribution in [2.24, 2.45) is 0 Å². The van der Waals surface area contributed by atoms with Crippen molar-refractivity contribution in [3.05, 3.63) is 70.1 Å². The molecule has 2 aromatic rings. The van der Waals surface area contributed by atoms with E-state index in [0.717, 1.165) is 12.0 Å². The number of hydrogen-bond acceptors (Lipinski definition) is 3. The van der Waals surface area contributed by atoms with Crippen LogP contribution in [0.15, 0.2) is 53.5 Å². The number of amides is 1. The highest BCUT2D eigenvalue weighted by molar-refractivity contribution is 5.87. The maximum absolute atomic E-state index is 12.5. The van der Waals surface area contributed by atoms with Gasteiger partial charge in [0.1, 0.15) is 6.04 Å². The Labute approximate surface area is 139 Å². The van der Waals surface area contributed by atoms with Crippen molar-refractivity contribution in [1.29, 1.82) is 0 Å². The van der Waals surface area contributed by atoms with Crippen molar-refractivity contribution < 1.29 is 14.7 Å². The summed E-state index contributed by atoms with van der Waals surface area (Å²) in [5, 5.41) is 11.7. The topological polar surface area (TPSA) is 88.4 Å². The number of carboxylic acid groups (broad SMARTS) is 1. The lowest BCUT2D eigenvalue weighted by Gasteiger charge is -2.18. The highest BCUT2D eigenvalue weighted by atomic mass is 16.4. The van der Waals surface area contributed by atoms with Gasteiger partial charge in [-0.15, -0.1) is 0 Å². The van der Waals surface area contributed by atoms with Gasteiger partial charge in [0.25, 0.3) is 5.56 Å². The van der Waals surface area contributed by atoms with E-state index >= 15 is 0 Å². The fourth-order valence-electron chi connectivity index (χ4n) is 2.44. The predicted octanol–water partition coefficient (Wildman–Crippen LogP) is 2.20. The van der Waals surface area contributed by atoms with E-state index in [1.165, 1.54) is 22.8 Å². The molecule has 2 rings (SSSR count). The van der Waals surface area contributed by atoms with Crippen molar-refractivity contribution in [3.63, 3.8) is 0 Å². The zero-order chi connectivity index (χ0) is 17.5. The van der Waals surface area contributed by atoms with E-state index in [2.05, 4.69) is 5.32 Å². The van der Waals surface area contributed by atoms with Crippen LogP contribution in [-0.4, -0.2) is 21.6 Å². The van der Waals surface area contributed by atoms with Gasteiger partial charge >= 0.3 is 5.97 Å². The molecule has 1 unspecified atom stereocenters. The van der Waals surface area contributed by atoms with Crippen LogP contribution in [0.4, 0.5) is 0 Å². The molecular weight excluding hydrogens is 308 g/mol. The number of carbonyl (C=O) groups is 2. The fraction of sp³-hybridized carbons (Fsp3) is 0.278. The normalized spacial score (nSPS) is 11.7. The first-order valence-corrected chi connectivity index (χ1v) is 7.80. The summed E-state index contributed by atoms with van der Waals surface area (Å²) in [6, 6.07) is 10.6. The average molecular weight is 328 g/mol. The first-order valence-electron chi connectivity index (χ1n) is 7.80. The monoisotopic (exact) mass is 328 g/mol. The maximum Gasteiger partial charge on any atom is 0.335 e. The molecule has 0 saturated heterocycles. The van der Waals surface area contributed by atoms with Gasteiger partial charge in [-0.1, -0.05) is 31.5 Å². The van der Waals surface area contributed by atoms with E-state index in [1.54, 1.807) is 30.5 Å². The molecule has 0 bridgehead atoms. The molecule has 1 aromatic carbocycles. The number of nitrogens with one attached hydrogen (secondary N) is 1. The third kappa shape index (κ3) is 4.32. The molecule has 0 spiro atoms. The van der Waals surface area contributed by atoms with Gasteiger partial charge in [-0.3, -0.25) is 9.59 Å². The molecule has 6 heteroatoms. The lowest BCUT2D eigenvalue weighted by molar-refractivity contribution is -0.124. The quantitative estimate of drug-likeness (QED) is 0.815. The van der Waals surface area contributed by atoms with Crippen molar-refractivity contribution in [2.75, 3.05) is 0 Å². The predicted molar refractivity (Wildman–Crippen MR) is 89.9 cm³/mol. The Balaban J connectivity index is 2.07. The number of carbonyl (C=O) groups excluding carboxylic acids is 1. The van der Waals surface area contributed by atoms with E-state index < -0.39 is 12.0 Å². The standard InChI is InChI=1S/C18H20N2O4/c1-2-5-15(20-11-4-3-6-16(20)21)17(22)19-12-13-7-9-14(10-8-13)18(23)24/h3-4,6-11,15H,2,5,12H2,1H3,(H,19,22)(H,23,24). The first-order chi connectivity index (χ1) is 11.5. The summed E-state index contributed by atoms with van der Waals surface area (Å²) in [6.07, 6.45) is 2.95. The van der Waals surface area contributed by atoms with Crippen molar-refractivity contribution in [1.82, 2.24) is 9.88 Å². The molecule has 0 aliphatic heterocycles. The fourth-order valence-corrected chi connectivity index (χ4v) is 2.44. The van der Waals surface area contributed by atoms with Gasteiger partial charge in [0.15, 0.2) is 0 Å². The third-order valence-electron chi connectivity index (χ3n) is 3.72. The largest absolute Gasteiger partial charge is 0.478 e. The van der Waals surface area contributed by atoms with Crippen LogP contribution in [0.1, 0.15) is 41.7 Å². The highest BCUT2D eigenvalue weighted by Gasteiger charge is 2.19. The molecule has 1 aromatic heterocycles. The minimum atomic E-state index is -0.989. The maximum atomic E-state index is 12.5. The summed E-state index contributed by atoms with van der Waals surface area (Å²) in [4.78, 5) is 35.2. The van der Waals surface area contributed by atoms with Crippen LogP contribution in [0.25, 0.3) is 0 Å². The molecule has 0 saturated carbocycles. The first kappa shape index (κ1) is 17.5. The Morgan fingerprint density at radius 2 is 1.88 bits per heavy atom. The van der Waals surface area contributed by atoms with E-state index in [0.29, 0.717) is 6.42 Å². The highest BCUT2D eigenvalue weighted by Crippen LogP contribution is 2.12. The smallest absolute Gasteiger partial charge is 0.335 e. The van der Waals surface area contributed by atoms with Crippen LogP contribution in [-0.2, 0) is 11.3 Å². The molecule has 0 aliphatic carbocycles. The van der Waals surface area contributed by atoms with Gasteiger partial charge < -0.3 is 15.0 Å².